The molecule has 1 aliphatic rings. The summed E-state index contributed by atoms with van der Waals surface area (Å²) < 4.78 is 29.1. The maximum Gasteiger partial charge on any atom is 0.368 e. The highest BCUT2D eigenvalue weighted by Crippen LogP contribution is 2.36. The molecule has 0 N–H and O–H groups in total. The molecule has 1 aliphatic carbocycles. The summed E-state index contributed by atoms with van der Waals surface area (Å²) in [5.74, 6) is -0.0981. The van der Waals surface area contributed by atoms with E-state index in [1.165, 1.54) is 13.1 Å². The molecule has 4 rings (SSSR count). The third-order valence-electron chi connectivity index (χ3n) is 5.48. The van der Waals surface area contributed by atoms with Crippen molar-refractivity contribution in [3.63, 3.8) is 0 Å². The summed E-state index contributed by atoms with van der Waals surface area (Å²) in [5, 5.41) is 7.69. The second-order valence-electron chi connectivity index (χ2n) is 8.98. The fourth-order valence-corrected chi connectivity index (χ4v) is 3.56. The van der Waals surface area contributed by atoms with Crippen molar-refractivity contribution in [2.45, 2.75) is 57.8 Å². The molecule has 7 nitrogen and oxygen atoms in total. The number of benzene rings is 2. The zero-order valence-electron chi connectivity index (χ0n) is 18.2. The van der Waals surface area contributed by atoms with E-state index in [1.54, 1.807) is 6.07 Å². The lowest BCUT2D eigenvalue weighted by Crippen LogP contribution is -2.39. The molecule has 0 bridgehead atoms. The van der Waals surface area contributed by atoms with Crippen molar-refractivity contribution in [1.82, 2.24) is 19.8 Å². The summed E-state index contributed by atoms with van der Waals surface area (Å²) in [6.45, 7) is 6.29. The lowest BCUT2D eigenvalue weighted by Gasteiger charge is -2.35. The standard InChI is InChI=1S/C23H27FN4O3/c1-23(2,3)18-12-20(28-22(29)27(4)25-26-28)21(13-19(18)24)31-17-10-16(11-17)30-14-15-8-6-5-7-9-15/h5-9,12-13,16-17H,10-11,14H2,1-4H3. The minimum atomic E-state index is -0.448. The number of aromatic nitrogens is 4. The first-order valence-corrected chi connectivity index (χ1v) is 10.4. The van der Waals surface area contributed by atoms with E-state index in [0.29, 0.717) is 30.7 Å². The number of hydrogen-bond acceptors (Lipinski definition) is 5. The summed E-state index contributed by atoms with van der Waals surface area (Å²) in [5.41, 5.74) is 1.11. The van der Waals surface area contributed by atoms with Crippen molar-refractivity contribution in [2.75, 3.05) is 0 Å². The number of nitrogens with zero attached hydrogens (tertiary/aromatic N) is 4. The summed E-state index contributed by atoms with van der Waals surface area (Å²) >= 11 is 0. The highest BCUT2D eigenvalue weighted by molar-refractivity contribution is 5.50. The molecule has 1 heterocycles. The highest BCUT2D eigenvalue weighted by atomic mass is 19.1. The van der Waals surface area contributed by atoms with E-state index in [2.05, 4.69) is 10.4 Å². The van der Waals surface area contributed by atoms with Crippen molar-refractivity contribution in [1.29, 1.82) is 0 Å². The average molecular weight is 426 g/mol. The van der Waals surface area contributed by atoms with Crippen LogP contribution < -0.4 is 10.4 Å². The van der Waals surface area contributed by atoms with E-state index in [1.807, 2.05) is 51.1 Å². The van der Waals surface area contributed by atoms with Gasteiger partial charge < -0.3 is 9.47 Å². The molecule has 0 saturated heterocycles. The van der Waals surface area contributed by atoms with Gasteiger partial charge in [0.05, 0.1) is 12.7 Å². The van der Waals surface area contributed by atoms with Crippen LogP contribution in [0.4, 0.5) is 4.39 Å². The molecule has 1 aromatic heterocycles. The highest BCUT2D eigenvalue weighted by Gasteiger charge is 2.33. The average Bonchev–Trinajstić information content (AvgIpc) is 3.02. The van der Waals surface area contributed by atoms with Crippen LogP contribution in [0.5, 0.6) is 5.75 Å². The molecule has 0 amide bonds. The van der Waals surface area contributed by atoms with Crippen molar-refractivity contribution in [3.8, 4) is 11.4 Å². The van der Waals surface area contributed by atoms with Crippen LogP contribution in [0.2, 0.25) is 0 Å². The van der Waals surface area contributed by atoms with Gasteiger partial charge in [0, 0.05) is 26.0 Å². The Kier molecular flexibility index (Phi) is 5.66. The third-order valence-corrected chi connectivity index (χ3v) is 5.48. The lowest BCUT2D eigenvalue weighted by atomic mass is 9.86. The summed E-state index contributed by atoms with van der Waals surface area (Å²) in [6.07, 6.45) is 1.37. The van der Waals surface area contributed by atoms with Gasteiger partial charge in [-0.15, -0.1) is 0 Å². The first kappa shape index (κ1) is 21.2. The smallest absolute Gasteiger partial charge is 0.368 e. The monoisotopic (exact) mass is 426 g/mol. The van der Waals surface area contributed by atoms with Gasteiger partial charge in [0.2, 0.25) is 0 Å². The van der Waals surface area contributed by atoms with Crippen LogP contribution in [0.1, 0.15) is 44.7 Å². The number of hydrogen-bond donors (Lipinski definition) is 0. The van der Waals surface area contributed by atoms with Crippen LogP contribution in [0.3, 0.4) is 0 Å². The zero-order valence-corrected chi connectivity index (χ0v) is 18.2. The molecule has 0 unspecified atom stereocenters. The molecule has 0 spiro atoms. The second kappa shape index (κ2) is 8.26. The number of ether oxygens (including phenoxy) is 2. The van der Waals surface area contributed by atoms with Crippen LogP contribution in [0, 0.1) is 5.82 Å². The Labute approximate surface area is 180 Å². The fraction of sp³-hybridized carbons (Fsp3) is 0.435. The Morgan fingerprint density at radius 2 is 1.81 bits per heavy atom. The van der Waals surface area contributed by atoms with E-state index in [4.69, 9.17) is 9.47 Å². The summed E-state index contributed by atoms with van der Waals surface area (Å²) in [4.78, 5) is 12.4. The van der Waals surface area contributed by atoms with E-state index in [0.717, 1.165) is 14.9 Å². The van der Waals surface area contributed by atoms with Crippen molar-refractivity contribution >= 4 is 0 Å². The Bertz CT molecular complexity index is 1110. The molecule has 0 radical (unpaired) electrons. The summed E-state index contributed by atoms with van der Waals surface area (Å²) in [7, 11) is 1.52. The molecule has 0 aliphatic heterocycles. The van der Waals surface area contributed by atoms with Gasteiger partial charge in [-0.25, -0.2) is 9.18 Å². The molecule has 2 aromatic carbocycles. The number of aryl methyl sites for hydroxylation is 1. The quantitative estimate of drug-likeness (QED) is 0.603. The molecule has 31 heavy (non-hydrogen) atoms. The van der Waals surface area contributed by atoms with Gasteiger partial charge in [-0.05, 0) is 33.0 Å². The minimum absolute atomic E-state index is 0.0894. The lowest BCUT2D eigenvalue weighted by molar-refractivity contribution is -0.0684. The first-order chi connectivity index (χ1) is 14.7. The van der Waals surface area contributed by atoms with Crippen LogP contribution in [0.25, 0.3) is 5.69 Å². The largest absolute Gasteiger partial charge is 0.488 e. The van der Waals surface area contributed by atoms with Gasteiger partial charge in [0.25, 0.3) is 0 Å². The van der Waals surface area contributed by atoms with Crippen LogP contribution >= 0.6 is 0 Å². The maximum absolute atomic E-state index is 14.9. The Hall–Kier alpha value is -3.00. The van der Waals surface area contributed by atoms with Gasteiger partial charge in [-0.3, -0.25) is 0 Å². The molecule has 1 saturated carbocycles. The van der Waals surface area contributed by atoms with Gasteiger partial charge in [0.15, 0.2) is 0 Å². The first-order valence-electron chi connectivity index (χ1n) is 10.4. The van der Waals surface area contributed by atoms with E-state index >= 15 is 0 Å². The predicted molar refractivity (Wildman–Crippen MR) is 114 cm³/mol. The number of rotatable bonds is 6. The summed E-state index contributed by atoms with van der Waals surface area (Å²) in [6, 6.07) is 13.0. The van der Waals surface area contributed by atoms with Gasteiger partial charge >= 0.3 is 5.69 Å². The molecule has 8 heteroatoms. The van der Waals surface area contributed by atoms with E-state index in [9.17, 15) is 9.18 Å². The third kappa shape index (κ3) is 4.54. The Balaban J connectivity index is 1.51. The van der Waals surface area contributed by atoms with Gasteiger partial charge in [0.1, 0.15) is 23.4 Å². The molecule has 164 valence electrons. The molecule has 1 fully saturated rings. The SMILES string of the molecule is Cn1nnn(-c2cc(C(C)(C)C)c(F)cc2OC2CC(OCc3ccccc3)C2)c1=O. The molecule has 3 aromatic rings. The van der Waals surface area contributed by atoms with Crippen molar-refractivity contribution in [2.24, 2.45) is 7.05 Å². The number of halogens is 1. The topological polar surface area (TPSA) is 71.2 Å². The van der Waals surface area contributed by atoms with Crippen LogP contribution in [-0.2, 0) is 23.8 Å². The Morgan fingerprint density at radius 1 is 1.10 bits per heavy atom. The number of tetrazole rings is 1. The molecular formula is C23H27FN4O3. The van der Waals surface area contributed by atoms with Crippen LogP contribution in [0.15, 0.2) is 47.3 Å². The van der Waals surface area contributed by atoms with Crippen molar-refractivity contribution < 1.29 is 13.9 Å². The minimum Gasteiger partial charge on any atom is -0.488 e. The van der Waals surface area contributed by atoms with Crippen molar-refractivity contribution in [3.05, 3.63) is 69.9 Å². The fourth-order valence-electron chi connectivity index (χ4n) is 3.56. The van der Waals surface area contributed by atoms with E-state index < -0.39 is 11.1 Å². The molecule has 0 atom stereocenters. The second-order valence-corrected chi connectivity index (χ2v) is 8.98. The van der Waals surface area contributed by atoms with Gasteiger partial charge in [-0.1, -0.05) is 51.1 Å². The maximum atomic E-state index is 14.9. The normalized spacial score (nSPS) is 18.6. The van der Waals surface area contributed by atoms with Crippen LogP contribution in [-0.4, -0.2) is 32.0 Å². The predicted octanol–water partition coefficient (Wildman–Crippen LogP) is 3.53. The van der Waals surface area contributed by atoms with Gasteiger partial charge in [-0.2, -0.15) is 9.36 Å². The Morgan fingerprint density at radius 3 is 2.42 bits per heavy atom. The van der Waals surface area contributed by atoms with E-state index in [-0.39, 0.29) is 23.8 Å². The zero-order chi connectivity index (χ0) is 22.2. The molecular weight excluding hydrogens is 399 g/mol.